The van der Waals surface area contributed by atoms with Crippen LogP contribution in [0.15, 0.2) is 128 Å². The number of rotatable bonds is 7. The van der Waals surface area contributed by atoms with Crippen LogP contribution >= 0.6 is 0 Å². The molecule has 0 radical (unpaired) electrons. The molecule has 6 rings (SSSR count). The van der Waals surface area contributed by atoms with Crippen LogP contribution in [-0.4, -0.2) is 28.7 Å². The molecule has 216 valence electrons. The quantitative estimate of drug-likeness (QED) is 0.108. The fraction of sp³-hybridized carbons (Fsp3) is 0.0909. The van der Waals surface area contributed by atoms with Crippen molar-refractivity contribution in [2.45, 2.75) is 18.0 Å². The summed E-state index contributed by atoms with van der Waals surface area (Å²) < 4.78 is 69.4. The number of benzene rings is 4. The normalized spacial score (nSPS) is 12.4. The van der Waals surface area contributed by atoms with Crippen LogP contribution in [0.3, 0.4) is 0 Å². The largest absolute Gasteiger partial charge is 0.534 e. The van der Waals surface area contributed by atoms with Crippen molar-refractivity contribution in [3.05, 3.63) is 150 Å². The first-order chi connectivity index (χ1) is 20.6. The van der Waals surface area contributed by atoms with Gasteiger partial charge >= 0.3 is 15.6 Å². The summed E-state index contributed by atoms with van der Waals surface area (Å²) in [4.78, 5) is 4.18. The molecule has 6 nitrogen and oxygen atoms in total. The zero-order valence-corrected chi connectivity index (χ0v) is 23.5. The number of hydrogen-bond acceptors (Lipinski definition) is 5. The molecule has 4 aromatic carbocycles. The molecule has 0 aliphatic rings. The number of aromatic nitrogens is 3. The first-order valence-corrected chi connectivity index (χ1v) is 14.7. The number of aryl methyl sites for hydroxylation is 1. The number of hydrogen-bond donors (Lipinski definition) is 0. The summed E-state index contributed by atoms with van der Waals surface area (Å²) in [7, 11) is -5.88. The summed E-state index contributed by atoms with van der Waals surface area (Å²) in [6.45, 7) is 1.84. The Bertz CT molecular complexity index is 1920. The van der Waals surface area contributed by atoms with Gasteiger partial charge in [0.25, 0.3) is 0 Å². The second-order valence-corrected chi connectivity index (χ2v) is 11.4. The topological polar surface area (TPSA) is 74.1 Å². The van der Waals surface area contributed by atoms with Gasteiger partial charge in [0.05, 0.1) is 11.2 Å². The van der Waals surface area contributed by atoms with E-state index in [-0.39, 0.29) is 10.9 Å². The fourth-order valence-electron chi connectivity index (χ4n) is 5.38. The van der Waals surface area contributed by atoms with E-state index in [0.29, 0.717) is 16.8 Å². The second-order valence-electron chi connectivity index (χ2n) is 9.91. The summed E-state index contributed by atoms with van der Waals surface area (Å²) in [6.07, 6.45) is 3.09. The average Bonchev–Trinajstić information content (AvgIpc) is 3.40. The molecular weight excluding hydrogens is 575 g/mol. The average molecular weight is 600 g/mol. The molecule has 0 amide bonds. The molecule has 0 aliphatic carbocycles. The number of nitrogens with zero attached hydrogens (tertiary/aromatic N) is 3. The molecule has 10 heteroatoms. The lowest BCUT2D eigenvalue weighted by atomic mass is 9.77. The second kappa shape index (κ2) is 10.7. The highest BCUT2D eigenvalue weighted by molar-refractivity contribution is 7.88. The Hall–Kier alpha value is -4.96. The predicted molar refractivity (Wildman–Crippen MR) is 158 cm³/mol. The van der Waals surface area contributed by atoms with Crippen LogP contribution in [0.4, 0.5) is 13.2 Å². The van der Waals surface area contributed by atoms with Crippen LogP contribution in [0, 0.1) is 6.92 Å². The van der Waals surface area contributed by atoms with Gasteiger partial charge in [0.1, 0.15) is 5.54 Å². The van der Waals surface area contributed by atoms with Crippen LogP contribution in [0.5, 0.6) is 5.75 Å². The molecular formula is C33H24F3N3O3S. The molecule has 0 spiro atoms. The standard InChI is InChI=1S/C33H24F3N3O3S/c1-23-29(24-17-18-30-28(21-24)31(19-20-37-30)42-43(40,41)33(34,35)36)22-39(38-23)32(25-11-5-2-6-12-25,26-13-7-3-8-14-26)27-15-9-4-10-16-27/h2-22H,1H3. The molecule has 0 unspecified atom stereocenters. The maximum Gasteiger partial charge on any atom is 0.534 e. The fourth-order valence-corrected chi connectivity index (χ4v) is 5.85. The molecule has 0 N–H and O–H groups in total. The highest BCUT2D eigenvalue weighted by atomic mass is 32.2. The third-order valence-corrected chi connectivity index (χ3v) is 8.28. The third-order valence-electron chi connectivity index (χ3n) is 7.31. The maximum atomic E-state index is 13.1. The number of pyridine rings is 1. The van der Waals surface area contributed by atoms with Crippen molar-refractivity contribution in [1.29, 1.82) is 0 Å². The zero-order chi connectivity index (χ0) is 30.2. The smallest absolute Gasteiger partial charge is 0.375 e. The monoisotopic (exact) mass is 599 g/mol. The SMILES string of the molecule is Cc1nn(C(c2ccccc2)(c2ccccc2)c2ccccc2)cc1-c1ccc2nccc(OS(=O)(=O)C(F)(F)F)c2c1. The first-order valence-electron chi connectivity index (χ1n) is 13.2. The van der Waals surface area contributed by atoms with Gasteiger partial charge in [0, 0.05) is 29.4 Å². The van der Waals surface area contributed by atoms with E-state index in [1.165, 1.54) is 6.20 Å². The van der Waals surface area contributed by atoms with Crippen molar-refractivity contribution in [2.24, 2.45) is 0 Å². The van der Waals surface area contributed by atoms with Gasteiger partial charge in [-0.25, -0.2) is 0 Å². The lowest BCUT2D eigenvalue weighted by Gasteiger charge is -2.36. The number of halogens is 3. The van der Waals surface area contributed by atoms with Gasteiger partial charge in [0.2, 0.25) is 0 Å². The van der Waals surface area contributed by atoms with E-state index in [2.05, 4.69) is 9.17 Å². The maximum absolute atomic E-state index is 13.1. The van der Waals surface area contributed by atoms with E-state index in [9.17, 15) is 21.6 Å². The van der Waals surface area contributed by atoms with E-state index in [1.54, 1.807) is 18.2 Å². The predicted octanol–water partition coefficient (Wildman–Crippen LogP) is 7.48. The van der Waals surface area contributed by atoms with Crippen LogP contribution in [-0.2, 0) is 15.7 Å². The minimum Gasteiger partial charge on any atom is -0.375 e. The summed E-state index contributed by atoms with van der Waals surface area (Å²) in [5.41, 5.74) is -1.32. The summed E-state index contributed by atoms with van der Waals surface area (Å²) in [5.74, 6) is -0.471. The minimum absolute atomic E-state index is 0.111. The van der Waals surface area contributed by atoms with Crippen molar-refractivity contribution in [3.8, 4) is 16.9 Å². The van der Waals surface area contributed by atoms with E-state index in [0.717, 1.165) is 22.8 Å². The van der Waals surface area contributed by atoms with Crippen LogP contribution in [0.25, 0.3) is 22.0 Å². The van der Waals surface area contributed by atoms with Crippen LogP contribution in [0.2, 0.25) is 0 Å². The van der Waals surface area contributed by atoms with Gasteiger partial charge in [-0.2, -0.15) is 26.7 Å². The van der Waals surface area contributed by atoms with E-state index >= 15 is 0 Å². The highest BCUT2D eigenvalue weighted by Gasteiger charge is 2.48. The Morgan fingerprint density at radius 2 is 1.28 bits per heavy atom. The molecule has 0 aliphatic heterocycles. The van der Waals surface area contributed by atoms with E-state index in [4.69, 9.17) is 5.10 Å². The number of fused-ring (bicyclic) bond motifs is 1. The van der Waals surface area contributed by atoms with Crippen molar-refractivity contribution in [2.75, 3.05) is 0 Å². The Balaban J connectivity index is 1.57. The Morgan fingerprint density at radius 3 is 1.79 bits per heavy atom. The van der Waals surface area contributed by atoms with E-state index < -0.39 is 26.9 Å². The summed E-state index contributed by atoms with van der Waals surface area (Å²) in [5, 5.41) is 5.12. The van der Waals surface area contributed by atoms with Crippen molar-refractivity contribution in [3.63, 3.8) is 0 Å². The van der Waals surface area contributed by atoms with Gasteiger partial charge in [-0.15, -0.1) is 0 Å². The molecule has 2 heterocycles. The van der Waals surface area contributed by atoms with E-state index in [1.807, 2.05) is 109 Å². The van der Waals surface area contributed by atoms with Gasteiger partial charge in [-0.05, 0) is 41.3 Å². The Kier molecular flexibility index (Phi) is 7.01. The summed E-state index contributed by atoms with van der Waals surface area (Å²) >= 11 is 0. The first kappa shape index (κ1) is 28.2. The molecule has 43 heavy (non-hydrogen) atoms. The van der Waals surface area contributed by atoms with Gasteiger partial charge < -0.3 is 4.18 Å². The molecule has 0 saturated heterocycles. The van der Waals surface area contributed by atoms with Crippen molar-refractivity contribution in [1.82, 2.24) is 14.8 Å². The molecule has 0 saturated carbocycles. The molecule has 0 bridgehead atoms. The lowest BCUT2D eigenvalue weighted by Crippen LogP contribution is -2.38. The van der Waals surface area contributed by atoms with Crippen molar-refractivity contribution >= 4 is 21.0 Å². The Morgan fingerprint density at radius 1 is 0.744 bits per heavy atom. The van der Waals surface area contributed by atoms with Crippen molar-refractivity contribution < 1.29 is 25.8 Å². The molecule has 0 fully saturated rings. The molecule has 2 aromatic heterocycles. The van der Waals surface area contributed by atoms with Crippen LogP contribution < -0.4 is 4.18 Å². The zero-order valence-electron chi connectivity index (χ0n) is 22.7. The van der Waals surface area contributed by atoms with Gasteiger partial charge in [-0.3, -0.25) is 9.67 Å². The summed E-state index contributed by atoms with van der Waals surface area (Å²) in [6, 6.07) is 36.0. The molecule has 6 aromatic rings. The Labute approximate surface area is 246 Å². The lowest BCUT2D eigenvalue weighted by molar-refractivity contribution is -0.0499. The minimum atomic E-state index is -5.88. The van der Waals surface area contributed by atoms with Gasteiger partial charge in [-0.1, -0.05) is 97.1 Å². The number of alkyl halides is 3. The third kappa shape index (κ3) is 4.93. The van der Waals surface area contributed by atoms with Gasteiger partial charge in [0.15, 0.2) is 5.75 Å². The molecule has 0 atom stereocenters. The van der Waals surface area contributed by atoms with Crippen LogP contribution in [0.1, 0.15) is 22.4 Å². The highest BCUT2D eigenvalue weighted by Crippen LogP contribution is 2.42.